The summed E-state index contributed by atoms with van der Waals surface area (Å²) >= 11 is 0. The third-order valence-corrected chi connectivity index (χ3v) is 4.22. The van der Waals surface area contributed by atoms with Crippen LogP contribution in [0.2, 0.25) is 0 Å². The molecule has 21 heavy (non-hydrogen) atoms. The molecule has 0 heterocycles. The number of methoxy groups -OCH3 is 2. The van der Waals surface area contributed by atoms with Crippen LogP contribution in [-0.2, 0) is 10.0 Å². The molecule has 0 bridgehead atoms. The van der Waals surface area contributed by atoms with Gasteiger partial charge in [0.25, 0.3) is 5.91 Å². The maximum Gasteiger partial charge on any atom is 0.255 e. The van der Waals surface area contributed by atoms with E-state index in [-0.39, 0.29) is 22.0 Å². The van der Waals surface area contributed by atoms with Crippen LogP contribution in [0.3, 0.4) is 0 Å². The number of carbonyl (C=O) groups is 1. The lowest BCUT2D eigenvalue weighted by atomic mass is 10.1. The molecule has 1 saturated carbocycles. The molecular weight excluding hydrogens is 296 g/mol. The second-order valence-corrected chi connectivity index (χ2v) is 6.43. The Bertz CT molecular complexity index is 653. The van der Waals surface area contributed by atoms with E-state index >= 15 is 0 Å². The van der Waals surface area contributed by atoms with E-state index in [0.717, 1.165) is 12.8 Å². The van der Waals surface area contributed by atoms with Crippen LogP contribution in [0.5, 0.6) is 11.5 Å². The highest BCUT2D eigenvalue weighted by Crippen LogP contribution is 2.32. The first-order valence-corrected chi connectivity index (χ1v) is 7.98. The highest BCUT2D eigenvalue weighted by atomic mass is 32.2. The number of benzene rings is 1. The lowest BCUT2D eigenvalue weighted by molar-refractivity contribution is 0.0948. The molecule has 1 aliphatic carbocycles. The summed E-state index contributed by atoms with van der Waals surface area (Å²) in [6.07, 6.45) is 2.20. The standard InChI is InChI=1S/C13H18N2O5S/c1-19-10-6-11(20-2)12(21(14,17)18)5-9(10)13(16)15-7-8-3-4-8/h5-6,8H,3-4,7H2,1-2H3,(H,15,16)(H2,14,17,18). The largest absolute Gasteiger partial charge is 0.496 e. The van der Waals surface area contributed by atoms with E-state index < -0.39 is 15.9 Å². The molecular formula is C13H18N2O5S. The number of hydrogen-bond acceptors (Lipinski definition) is 5. The van der Waals surface area contributed by atoms with Crippen molar-refractivity contribution in [3.05, 3.63) is 17.7 Å². The summed E-state index contributed by atoms with van der Waals surface area (Å²) in [5, 5.41) is 7.90. The Hall–Kier alpha value is -1.80. The Balaban J connectivity index is 2.39. The van der Waals surface area contributed by atoms with Crippen molar-refractivity contribution < 1.29 is 22.7 Å². The highest BCUT2D eigenvalue weighted by molar-refractivity contribution is 7.89. The first kappa shape index (κ1) is 15.6. The molecule has 0 radical (unpaired) electrons. The number of ether oxygens (including phenoxy) is 2. The minimum absolute atomic E-state index is 0.0353. The molecule has 0 aliphatic heterocycles. The van der Waals surface area contributed by atoms with E-state index in [1.165, 1.54) is 26.4 Å². The van der Waals surface area contributed by atoms with E-state index in [9.17, 15) is 13.2 Å². The Morgan fingerprint density at radius 1 is 1.29 bits per heavy atom. The minimum atomic E-state index is -4.01. The van der Waals surface area contributed by atoms with Crippen LogP contribution in [0.1, 0.15) is 23.2 Å². The van der Waals surface area contributed by atoms with Gasteiger partial charge in [0.15, 0.2) is 0 Å². The highest BCUT2D eigenvalue weighted by Gasteiger charge is 2.25. The van der Waals surface area contributed by atoms with Crippen LogP contribution in [-0.4, -0.2) is 35.1 Å². The third-order valence-electron chi connectivity index (χ3n) is 3.29. The van der Waals surface area contributed by atoms with Crippen molar-refractivity contribution in [2.45, 2.75) is 17.7 Å². The van der Waals surface area contributed by atoms with Gasteiger partial charge in [-0.25, -0.2) is 13.6 Å². The van der Waals surface area contributed by atoms with Crippen LogP contribution < -0.4 is 19.9 Å². The Labute approximate surface area is 123 Å². The monoisotopic (exact) mass is 314 g/mol. The molecule has 3 N–H and O–H groups in total. The average Bonchev–Trinajstić information content (AvgIpc) is 3.26. The van der Waals surface area contributed by atoms with E-state index in [1.807, 2.05) is 0 Å². The molecule has 7 nitrogen and oxygen atoms in total. The maximum absolute atomic E-state index is 12.2. The zero-order chi connectivity index (χ0) is 15.6. The van der Waals surface area contributed by atoms with Gasteiger partial charge in [0, 0.05) is 12.6 Å². The van der Waals surface area contributed by atoms with Gasteiger partial charge in [-0.15, -0.1) is 0 Å². The Morgan fingerprint density at radius 2 is 1.90 bits per heavy atom. The summed E-state index contributed by atoms with van der Waals surface area (Å²) < 4.78 is 33.3. The fourth-order valence-electron chi connectivity index (χ4n) is 1.92. The Kier molecular flexibility index (Phi) is 4.38. The number of amides is 1. The van der Waals surface area contributed by atoms with Crippen LogP contribution in [0, 0.1) is 5.92 Å². The first-order chi connectivity index (χ1) is 9.86. The molecule has 0 spiro atoms. The molecule has 1 fully saturated rings. The van der Waals surface area contributed by atoms with Gasteiger partial charge in [0.05, 0.1) is 19.8 Å². The van der Waals surface area contributed by atoms with Gasteiger partial charge in [-0.3, -0.25) is 4.79 Å². The molecule has 1 amide bonds. The normalized spacial score (nSPS) is 14.6. The van der Waals surface area contributed by atoms with Crippen LogP contribution in [0.15, 0.2) is 17.0 Å². The SMILES string of the molecule is COc1cc(OC)c(S(N)(=O)=O)cc1C(=O)NCC1CC1. The fourth-order valence-corrected chi connectivity index (χ4v) is 2.63. The molecule has 0 saturated heterocycles. The topological polar surface area (TPSA) is 108 Å². The lowest BCUT2D eigenvalue weighted by Gasteiger charge is -2.13. The number of hydrogen-bond donors (Lipinski definition) is 2. The van der Waals surface area contributed by atoms with Crippen molar-refractivity contribution in [1.82, 2.24) is 5.32 Å². The van der Waals surface area contributed by atoms with E-state index in [2.05, 4.69) is 5.32 Å². The van der Waals surface area contributed by atoms with Crippen molar-refractivity contribution in [2.24, 2.45) is 11.1 Å². The van der Waals surface area contributed by atoms with Crippen molar-refractivity contribution in [3.8, 4) is 11.5 Å². The van der Waals surface area contributed by atoms with Gasteiger partial charge < -0.3 is 14.8 Å². The summed E-state index contributed by atoms with van der Waals surface area (Å²) in [5.74, 6) is 0.378. The summed E-state index contributed by atoms with van der Waals surface area (Å²) in [5.41, 5.74) is 0.114. The van der Waals surface area contributed by atoms with Crippen LogP contribution in [0.25, 0.3) is 0 Å². The van der Waals surface area contributed by atoms with Gasteiger partial charge >= 0.3 is 0 Å². The third kappa shape index (κ3) is 3.64. The number of primary sulfonamides is 1. The molecule has 1 aromatic carbocycles. The predicted molar refractivity (Wildman–Crippen MR) is 76.0 cm³/mol. The summed E-state index contributed by atoms with van der Waals surface area (Å²) in [4.78, 5) is 11.9. The Morgan fingerprint density at radius 3 is 2.38 bits per heavy atom. The minimum Gasteiger partial charge on any atom is -0.496 e. The molecule has 0 atom stereocenters. The number of nitrogens with one attached hydrogen (secondary N) is 1. The van der Waals surface area contributed by atoms with Crippen molar-refractivity contribution >= 4 is 15.9 Å². The fraction of sp³-hybridized carbons (Fsp3) is 0.462. The zero-order valence-corrected chi connectivity index (χ0v) is 12.7. The predicted octanol–water partition coefficient (Wildman–Crippen LogP) is 0.491. The summed E-state index contributed by atoms with van der Waals surface area (Å²) in [7, 11) is -1.30. The van der Waals surface area contributed by atoms with Gasteiger partial charge in [-0.1, -0.05) is 0 Å². The average molecular weight is 314 g/mol. The number of sulfonamides is 1. The molecule has 0 unspecified atom stereocenters. The quantitative estimate of drug-likeness (QED) is 0.794. The molecule has 1 aromatic rings. The van der Waals surface area contributed by atoms with E-state index in [4.69, 9.17) is 14.6 Å². The second-order valence-electron chi connectivity index (χ2n) is 4.90. The summed E-state index contributed by atoms with van der Waals surface area (Å²) in [6.45, 7) is 0.568. The summed E-state index contributed by atoms with van der Waals surface area (Å²) in [6, 6.07) is 2.51. The van der Waals surface area contributed by atoms with Gasteiger partial charge in [-0.2, -0.15) is 0 Å². The van der Waals surface area contributed by atoms with Crippen molar-refractivity contribution in [1.29, 1.82) is 0 Å². The molecule has 8 heteroatoms. The molecule has 2 rings (SSSR count). The zero-order valence-electron chi connectivity index (χ0n) is 11.9. The van der Waals surface area contributed by atoms with Crippen molar-refractivity contribution in [2.75, 3.05) is 20.8 Å². The second kappa shape index (κ2) is 5.90. The van der Waals surface area contributed by atoms with E-state index in [0.29, 0.717) is 12.5 Å². The lowest BCUT2D eigenvalue weighted by Crippen LogP contribution is -2.26. The maximum atomic E-state index is 12.2. The number of carbonyl (C=O) groups excluding carboxylic acids is 1. The van der Waals surface area contributed by atoms with Crippen LogP contribution in [0.4, 0.5) is 0 Å². The van der Waals surface area contributed by atoms with Gasteiger partial charge in [-0.05, 0) is 24.8 Å². The van der Waals surface area contributed by atoms with Crippen molar-refractivity contribution in [3.63, 3.8) is 0 Å². The number of nitrogens with two attached hydrogens (primary N) is 1. The van der Waals surface area contributed by atoms with E-state index in [1.54, 1.807) is 0 Å². The molecule has 1 aliphatic rings. The van der Waals surface area contributed by atoms with Gasteiger partial charge in [0.1, 0.15) is 16.4 Å². The first-order valence-electron chi connectivity index (χ1n) is 6.44. The van der Waals surface area contributed by atoms with Gasteiger partial charge in [0.2, 0.25) is 10.0 Å². The smallest absolute Gasteiger partial charge is 0.255 e. The van der Waals surface area contributed by atoms with Crippen LogP contribution >= 0.6 is 0 Å². The number of rotatable bonds is 6. The molecule has 0 aromatic heterocycles. The molecule has 116 valence electrons.